The number of hydrogen-bond donors (Lipinski definition) is 2. The van der Waals surface area contributed by atoms with Crippen molar-refractivity contribution in [1.29, 1.82) is 0 Å². The number of tetrazole rings is 1. The Morgan fingerprint density at radius 3 is 2.64 bits per heavy atom. The normalized spacial score (nSPS) is 17.4. The lowest BCUT2D eigenvalue weighted by molar-refractivity contribution is -0.136. The SMILES string of the molecule is O=C(CCc1ccccc1)N1CCC(O)(c2nn[nH]n2)CC1. The van der Waals surface area contributed by atoms with E-state index >= 15 is 0 Å². The maximum atomic E-state index is 12.3. The first-order valence-electron chi connectivity index (χ1n) is 7.45. The predicted molar refractivity (Wildman–Crippen MR) is 78.7 cm³/mol. The zero-order valence-electron chi connectivity index (χ0n) is 12.3. The Morgan fingerprint density at radius 1 is 1.27 bits per heavy atom. The van der Waals surface area contributed by atoms with Gasteiger partial charge in [-0.3, -0.25) is 4.79 Å². The molecule has 7 heteroatoms. The van der Waals surface area contributed by atoms with Crippen LogP contribution < -0.4 is 0 Å². The number of H-pyrrole nitrogens is 1. The van der Waals surface area contributed by atoms with Crippen LogP contribution in [0.2, 0.25) is 0 Å². The van der Waals surface area contributed by atoms with E-state index in [1.807, 2.05) is 30.3 Å². The van der Waals surface area contributed by atoms with Crippen molar-refractivity contribution in [3.8, 4) is 0 Å². The first kappa shape index (κ1) is 14.6. The van der Waals surface area contributed by atoms with Crippen molar-refractivity contribution < 1.29 is 9.90 Å². The quantitative estimate of drug-likeness (QED) is 0.864. The van der Waals surface area contributed by atoms with E-state index < -0.39 is 5.60 Å². The van der Waals surface area contributed by atoms with Crippen LogP contribution in [0, 0.1) is 0 Å². The van der Waals surface area contributed by atoms with Gasteiger partial charge in [0.05, 0.1) is 0 Å². The van der Waals surface area contributed by atoms with Gasteiger partial charge in [-0.2, -0.15) is 5.21 Å². The first-order valence-corrected chi connectivity index (χ1v) is 7.45. The minimum atomic E-state index is -1.08. The molecule has 1 aliphatic rings. The Bertz CT molecular complexity index is 606. The average Bonchev–Trinajstić information content (AvgIpc) is 3.10. The van der Waals surface area contributed by atoms with Gasteiger partial charge in [0, 0.05) is 32.4 Å². The molecule has 0 aliphatic carbocycles. The molecule has 0 radical (unpaired) electrons. The van der Waals surface area contributed by atoms with E-state index in [4.69, 9.17) is 0 Å². The van der Waals surface area contributed by atoms with Gasteiger partial charge in [-0.15, -0.1) is 10.2 Å². The van der Waals surface area contributed by atoms with Crippen LogP contribution in [0.25, 0.3) is 0 Å². The second-order valence-corrected chi connectivity index (χ2v) is 5.63. The van der Waals surface area contributed by atoms with Crippen molar-refractivity contribution in [2.75, 3.05) is 13.1 Å². The van der Waals surface area contributed by atoms with E-state index in [2.05, 4.69) is 20.6 Å². The molecule has 2 aromatic rings. The van der Waals surface area contributed by atoms with Crippen LogP contribution in [-0.2, 0) is 16.8 Å². The Hall–Kier alpha value is -2.28. The number of nitrogens with zero attached hydrogens (tertiary/aromatic N) is 4. The summed E-state index contributed by atoms with van der Waals surface area (Å²) < 4.78 is 0. The van der Waals surface area contributed by atoms with Crippen molar-refractivity contribution in [3.05, 3.63) is 41.7 Å². The molecule has 1 aromatic carbocycles. The highest BCUT2D eigenvalue weighted by atomic mass is 16.3. The highest BCUT2D eigenvalue weighted by molar-refractivity contribution is 5.76. The van der Waals surface area contributed by atoms with Crippen molar-refractivity contribution in [1.82, 2.24) is 25.5 Å². The highest BCUT2D eigenvalue weighted by Gasteiger charge is 2.38. The molecule has 22 heavy (non-hydrogen) atoms. The van der Waals surface area contributed by atoms with E-state index in [-0.39, 0.29) is 5.91 Å². The number of aromatic nitrogens is 4. The lowest BCUT2D eigenvalue weighted by Crippen LogP contribution is -2.45. The van der Waals surface area contributed by atoms with Crippen molar-refractivity contribution >= 4 is 5.91 Å². The molecule has 2 N–H and O–H groups in total. The number of carbonyl (C=O) groups is 1. The summed E-state index contributed by atoms with van der Waals surface area (Å²) in [5.74, 6) is 0.433. The van der Waals surface area contributed by atoms with E-state index in [0.29, 0.717) is 38.2 Å². The second-order valence-electron chi connectivity index (χ2n) is 5.63. The maximum Gasteiger partial charge on any atom is 0.222 e. The van der Waals surface area contributed by atoms with Crippen molar-refractivity contribution in [3.63, 3.8) is 0 Å². The van der Waals surface area contributed by atoms with Crippen molar-refractivity contribution in [2.45, 2.75) is 31.3 Å². The fourth-order valence-electron chi connectivity index (χ4n) is 2.76. The lowest BCUT2D eigenvalue weighted by Gasteiger charge is -2.36. The van der Waals surface area contributed by atoms with Gasteiger partial charge in [0.2, 0.25) is 11.7 Å². The Morgan fingerprint density at radius 2 is 2.00 bits per heavy atom. The number of aryl methyl sites for hydroxylation is 1. The summed E-state index contributed by atoms with van der Waals surface area (Å²) in [4.78, 5) is 14.1. The third-order valence-electron chi connectivity index (χ3n) is 4.18. The van der Waals surface area contributed by atoms with Crippen LogP contribution in [0.5, 0.6) is 0 Å². The summed E-state index contributed by atoms with van der Waals surface area (Å²) in [7, 11) is 0. The number of rotatable bonds is 4. The number of aromatic amines is 1. The third-order valence-corrected chi connectivity index (χ3v) is 4.18. The Kier molecular flexibility index (Phi) is 4.15. The molecule has 1 aromatic heterocycles. The van der Waals surface area contributed by atoms with Crippen LogP contribution in [0.1, 0.15) is 30.7 Å². The van der Waals surface area contributed by atoms with Crippen LogP contribution in [0.3, 0.4) is 0 Å². The van der Waals surface area contributed by atoms with E-state index in [0.717, 1.165) is 12.0 Å². The van der Waals surface area contributed by atoms with E-state index in [1.165, 1.54) is 0 Å². The van der Waals surface area contributed by atoms with Crippen LogP contribution >= 0.6 is 0 Å². The van der Waals surface area contributed by atoms with Gasteiger partial charge in [0.15, 0.2) is 0 Å². The molecular weight excluding hydrogens is 282 g/mol. The Balaban J connectivity index is 1.52. The molecule has 3 rings (SSSR count). The van der Waals surface area contributed by atoms with Gasteiger partial charge >= 0.3 is 0 Å². The van der Waals surface area contributed by atoms with Gasteiger partial charge in [-0.25, -0.2) is 0 Å². The molecule has 1 amide bonds. The van der Waals surface area contributed by atoms with E-state index in [1.54, 1.807) is 4.90 Å². The predicted octanol–water partition coefficient (Wildman–Crippen LogP) is 0.642. The number of benzene rings is 1. The van der Waals surface area contributed by atoms with Crippen LogP contribution in [0.15, 0.2) is 30.3 Å². The zero-order valence-corrected chi connectivity index (χ0v) is 12.3. The van der Waals surface area contributed by atoms with Gasteiger partial charge in [-0.1, -0.05) is 35.5 Å². The van der Waals surface area contributed by atoms with Gasteiger partial charge in [0.25, 0.3) is 0 Å². The standard InChI is InChI=1S/C15H19N5O2/c21-13(7-6-12-4-2-1-3-5-12)20-10-8-15(22,9-11-20)14-16-18-19-17-14/h1-5,22H,6-11H2,(H,16,17,18,19). The number of amides is 1. The number of aliphatic hydroxyl groups is 1. The highest BCUT2D eigenvalue weighted by Crippen LogP contribution is 2.30. The molecular formula is C15H19N5O2. The van der Waals surface area contributed by atoms with Gasteiger partial charge in [0.1, 0.15) is 5.60 Å². The van der Waals surface area contributed by atoms with Crippen LogP contribution in [0.4, 0.5) is 0 Å². The van der Waals surface area contributed by atoms with Gasteiger partial charge in [-0.05, 0) is 12.0 Å². The largest absolute Gasteiger partial charge is 0.382 e. The van der Waals surface area contributed by atoms with E-state index in [9.17, 15) is 9.90 Å². The second kappa shape index (κ2) is 6.23. The molecule has 2 heterocycles. The first-order chi connectivity index (χ1) is 10.7. The molecule has 0 spiro atoms. The summed E-state index contributed by atoms with van der Waals surface area (Å²) >= 11 is 0. The summed E-state index contributed by atoms with van der Waals surface area (Å²) in [6.45, 7) is 1.03. The maximum absolute atomic E-state index is 12.3. The van der Waals surface area contributed by atoms with Crippen molar-refractivity contribution in [2.24, 2.45) is 0 Å². The Labute approximate surface area is 128 Å². The zero-order chi connectivity index (χ0) is 15.4. The monoisotopic (exact) mass is 301 g/mol. The molecule has 0 unspecified atom stereocenters. The topological polar surface area (TPSA) is 95.0 Å². The third kappa shape index (κ3) is 3.14. The smallest absolute Gasteiger partial charge is 0.222 e. The average molecular weight is 301 g/mol. The summed E-state index contributed by atoms with van der Waals surface area (Å²) in [5, 5.41) is 24.1. The molecule has 0 bridgehead atoms. The molecule has 0 atom stereocenters. The number of nitrogens with one attached hydrogen (secondary N) is 1. The molecule has 1 fully saturated rings. The fraction of sp³-hybridized carbons (Fsp3) is 0.467. The molecule has 116 valence electrons. The molecule has 7 nitrogen and oxygen atoms in total. The lowest BCUT2D eigenvalue weighted by atomic mass is 9.90. The van der Waals surface area contributed by atoms with Gasteiger partial charge < -0.3 is 10.0 Å². The summed E-state index contributed by atoms with van der Waals surface area (Å²) in [6, 6.07) is 9.98. The number of likely N-dealkylation sites (tertiary alicyclic amines) is 1. The summed E-state index contributed by atoms with van der Waals surface area (Å²) in [6.07, 6.45) is 2.10. The fourth-order valence-corrected chi connectivity index (χ4v) is 2.76. The van der Waals surface area contributed by atoms with Crippen LogP contribution in [-0.4, -0.2) is 49.6 Å². The minimum Gasteiger partial charge on any atom is -0.382 e. The molecule has 1 saturated heterocycles. The number of piperidine rings is 1. The number of hydrogen-bond acceptors (Lipinski definition) is 5. The molecule has 1 aliphatic heterocycles. The number of carbonyl (C=O) groups excluding carboxylic acids is 1. The minimum absolute atomic E-state index is 0.124. The molecule has 0 saturated carbocycles. The summed E-state index contributed by atoms with van der Waals surface area (Å²) in [5.41, 5.74) is 0.0830.